The number of amides is 2. The second kappa shape index (κ2) is 8.21. The largest absolute Gasteiger partial charge is 0.490 e. The summed E-state index contributed by atoms with van der Waals surface area (Å²) in [6.07, 6.45) is 2.31. The number of anilines is 2. The summed E-state index contributed by atoms with van der Waals surface area (Å²) in [6, 6.07) is 12.5. The van der Waals surface area contributed by atoms with Crippen molar-refractivity contribution in [2.24, 2.45) is 0 Å². The van der Waals surface area contributed by atoms with Crippen molar-refractivity contribution in [3.05, 3.63) is 42.5 Å². The number of carbonyl (C=O) groups is 2. The highest BCUT2D eigenvalue weighted by atomic mass is 16.5. The molecule has 4 rings (SSSR count). The highest BCUT2D eigenvalue weighted by Gasteiger charge is 2.21. The summed E-state index contributed by atoms with van der Waals surface area (Å²) in [4.78, 5) is 25.7. The monoisotopic (exact) mass is 382 g/mol. The van der Waals surface area contributed by atoms with Crippen LogP contribution < -0.4 is 24.4 Å². The molecule has 1 fully saturated rings. The first kappa shape index (κ1) is 18.2. The summed E-state index contributed by atoms with van der Waals surface area (Å²) in [7, 11) is 0. The molecule has 1 N–H and O–H groups in total. The molecule has 0 radical (unpaired) electrons. The summed E-state index contributed by atoms with van der Waals surface area (Å²) < 4.78 is 16.8. The number of hydrogen-bond acceptors (Lipinski definition) is 5. The Labute approximate surface area is 163 Å². The van der Waals surface area contributed by atoms with Crippen molar-refractivity contribution >= 4 is 23.2 Å². The Bertz CT molecular complexity index is 866. The SMILES string of the molecule is O=C(COc1ccc(N2CCCC2=O)cc1)Nc1ccc2c(c1)OCCCO2. The van der Waals surface area contributed by atoms with E-state index in [1.165, 1.54) is 0 Å². The molecule has 0 aromatic heterocycles. The second-order valence-corrected chi connectivity index (χ2v) is 6.69. The number of carbonyl (C=O) groups excluding carboxylic acids is 2. The molecule has 7 nitrogen and oxygen atoms in total. The fourth-order valence-electron chi connectivity index (χ4n) is 3.23. The van der Waals surface area contributed by atoms with Crippen LogP contribution in [0.5, 0.6) is 17.2 Å². The maximum atomic E-state index is 12.2. The highest BCUT2D eigenvalue weighted by molar-refractivity contribution is 5.95. The summed E-state index contributed by atoms with van der Waals surface area (Å²) in [6.45, 7) is 1.84. The Morgan fingerprint density at radius 1 is 1.04 bits per heavy atom. The van der Waals surface area contributed by atoms with Crippen LogP contribution in [0.2, 0.25) is 0 Å². The molecular formula is C21H22N2O5. The standard InChI is InChI=1S/C21H22N2O5/c24-20(22-15-4-9-18-19(13-15)27-12-2-11-26-18)14-28-17-7-5-16(6-8-17)23-10-1-3-21(23)25/h4-9,13H,1-3,10-12,14H2,(H,22,24). The average Bonchev–Trinajstić information content (AvgIpc) is 2.99. The van der Waals surface area contributed by atoms with Crippen molar-refractivity contribution in [1.29, 1.82) is 0 Å². The Balaban J connectivity index is 1.31. The molecule has 0 atom stereocenters. The van der Waals surface area contributed by atoms with E-state index in [4.69, 9.17) is 14.2 Å². The average molecular weight is 382 g/mol. The lowest BCUT2D eigenvalue weighted by Crippen LogP contribution is -2.23. The van der Waals surface area contributed by atoms with Gasteiger partial charge in [0.1, 0.15) is 5.75 Å². The molecule has 0 spiro atoms. The summed E-state index contributed by atoms with van der Waals surface area (Å²) in [5.41, 5.74) is 1.48. The van der Waals surface area contributed by atoms with Crippen LogP contribution in [-0.4, -0.2) is 38.2 Å². The number of nitrogens with one attached hydrogen (secondary N) is 1. The molecule has 146 valence electrons. The smallest absolute Gasteiger partial charge is 0.262 e. The van der Waals surface area contributed by atoms with Crippen molar-refractivity contribution in [3.63, 3.8) is 0 Å². The van der Waals surface area contributed by atoms with Crippen LogP contribution in [0.15, 0.2) is 42.5 Å². The quantitative estimate of drug-likeness (QED) is 0.860. The van der Waals surface area contributed by atoms with Crippen LogP contribution in [0, 0.1) is 0 Å². The molecule has 2 heterocycles. The van der Waals surface area contributed by atoms with Gasteiger partial charge in [0.05, 0.1) is 13.2 Å². The van der Waals surface area contributed by atoms with Crippen molar-refractivity contribution in [3.8, 4) is 17.2 Å². The molecule has 2 aliphatic rings. The van der Waals surface area contributed by atoms with Gasteiger partial charge < -0.3 is 24.4 Å². The van der Waals surface area contributed by atoms with E-state index >= 15 is 0 Å². The van der Waals surface area contributed by atoms with Gasteiger partial charge in [-0.25, -0.2) is 0 Å². The van der Waals surface area contributed by atoms with Crippen LogP contribution in [0.1, 0.15) is 19.3 Å². The summed E-state index contributed by atoms with van der Waals surface area (Å²) in [5, 5.41) is 2.79. The van der Waals surface area contributed by atoms with Gasteiger partial charge in [0.25, 0.3) is 5.91 Å². The minimum absolute atomic E-state index is 0.115. The van der Waals surface area contributed by atoms with Crippen molar-refractivity contribution < 1.29 is 23.8 Å². The molecule has 0 unspecified atom stereocenters. The molecule has 2 aliphatic heterocycles. The van der Waals surface area contributed by atoms with Gasteiger partial charge in [-0.3, -0.25) is 9.59 Å². The third kappa shape index (κ3) is 4.19. The lowest BCUT2D eigenvalue weighted by atomic mass is 10.2. The van der Waals surface area contributed by atoms with Crippen LogP contribution >= 0.6 is 0 Å². The lowest BCUT2D eigenvalue weighted by Gasteiger charge is -2.16. The number of benzene rings is 2. The zero-order chi connectivity index (χ0) is 19.3. The highest BCUT2D eigenvalue weighted by Crippen LogP contribution is 2.32. The first-order valence-corrected chi connectivity index (χ1v) is 9.42. The predicted octanol–water partition coefficient (Wildman–Crippen LogP) is 2.99. The van der Waals surface area contributed by atoms with Crippen molar-refractivity contribution in [2.45, 2.75) is 19.3 Å². The fraction of sp³-hybridized carbons (Fsp3) is 0.333. The maximum Gasteiger partial charge on any atom is 0.262 e. The van der Waals surface area contributed by atoms with Gasteiger partial charge in [-0.15, -0.1) is 0 Å². The minimum Gasteiger partial charge on any atom is -0.490 e. The van der Waals surface area contributed by atoms with Gasteiger partial charge in [-0.05, 0) is 42.8 Å². The van der Waals surface area contributed by atoms with Crippen molar-refractivity contribution in [2.75, 3.05) is 36.6 Å². The van der Waals surface area contributed by atoms with E-state index in [0.717, 1.165) is 25.1 Å². The number of fused-ring (bicyclic) bond motifs is 1. The van der Waals surface area contributed by atoms with Gasteiger partial charge in [0, 0.05) is 36.8 Å². The van der Waals surface area contributed by atoms with E-state index in [1.54, 1.807) is 35.2 Å². The second-order valence-electron chi connectivity index (χ2n) is 6.69. The van der Waals surface area contributed by atoms with E-state index in [-0.39, 0.29) is 18.4 Å². The fourth-order valence-corrected chi connectivity index (χ4v) is 3.23. The number of hydrogen-bond donors (Lipinski definition) is 1. The van der Waals surface area contributed by atoms with E-state index < -0.39 is 0 Å². The third-order valence-electron chi connectivity index (χ3n) is 4.62. The Hall–Kier alpha value is -3.22. The van der Waals surface area contributed by atoms with Crippen LogP contribution in [-0.2, 0) is 9.59 Å². The molecule has 2 aromatic carbocycles. The molecule has 2 aromatic rings. The molecular weight excluding hydrogens is 360 g/mol. The summed E-state index contributed by atoms with van der Waals surface area (Å²) in [5.74, 6) is 1.76. The Kier molecular flexibility index (Phi) is 5.32. The number of rotatable bonds is 5. The Morgan fingerprint density at radius 2 is 1.82 bits per heavy atom. The molecule has 2 amide bonds. The van der Waals surface area contributed by atoms with Gasteiger partial charge in [-0.1, -0.05) is 0 Å². The van der Waals surface area contributed by atoms with Crippen LogP contribution in [0.3, 0.4) is 0 Å². The van der Waals surface area contributed by atoms with E-state index in [1.807, 2.05) is 12.1 Å². The van der Waals surface area contributed by atoms with Gasteiger partial charge in [-0.2, -0.15) is 0 Å². The molecule has 0 saturated carbocycles. The normalized spacial score (nSPS) is 15.9. The molecule has 0 bridgehead atoms. The summed E-state index contributed by atoms with van der Waals surface area (Å²) >= 11 is 0. The van der Waals surface area contributed by atoms with Gasteiger partial charge in [0.15, 0.2) is 18.1 Å². The van der Waals surface area contributed by atoms with Crippen LogP contribution in [0.25, 0.3) is 0 Å². The van der Waals surface area contributed by atoms with Gasteiger partial charge >= 0.3 is 0 Å². The van der Waals surface area contributed by atoms with E-state index in [9.17, 15) is 9.59 Å². The number of ether oxygens (including phenoxy) is 3. The third-order valence-corrected chi connectivity index (χ3v) is 4.62. The molecule has 1 saturated heterocycles. The van der Waals surface area contributed by atoms with Crippen molar-refractivity contribution in [1.82, 2.24) is 0 Å². The molecule has 0 aliphatic carbocycles. The topological polar surface area (TPSA) is 77.1 Å². The first-order valence-electron chi connectivity index (χ1n) is 9.42. The van der Waals surface area contributed by atoms with E-state index in [2.05, 4.69) is 5.32 Å². The molecule has 28 heavy (non-hydrogen) atoms. The molecule has 7 heteroatoms. The minimum atomic E-state index is -0.270. The predicted molar refractivity (Wildman–Crippen MR) is 104 cm³/mol. The maximum absolute atomic E-state index is 12.2. The first-order chi connectivity index (χ1) is 13.7. The zero-order valence-corrected chi connectivity index (χ0v) is 15.5. The van der Waals surface area contributed by atoms with Gasteiger partial charge in [0.2, 0.25) is 5.91 Å². The number of nitrogens with zero attached hydrogens (tertiary/aromatic N) is 1. The van der Waals surface area contributed by atoms with Crippen LogP contribution in [0.4, 0.5) is 11.4 Å². The Morgan fingerprint density at radius 3 is 2.57 bits per heavy atom. The van der Waals surface area contributed by atoms with E-state index in [0.29, 0.717) is 42.6 Å². The zero-order valence-electron chi connectivity index (χ0n) is 15.5. The lowest BCUT2D eigenvalue weighted by molar-refractivity contribution is -0.118.